The second kappa shape index (κ2) is 8.60. The van der Waals surface area contributed by atoms with E-state index in [-0.39, 0.29) is 16.7 Å². The summed E-state index contributed by atoms with van der Waals surface area (Å²) in [4.78, 5) is 12.5. The molecule has 0 spiro atoms. The molecule has 7 heteroatoms. The number of rotatable bonds is 9. The van der Waals surface area contributed by atoms with Crippen molar-refractivity contribution >= 4 is 15.9 Å². The Morgan fingerprint density at radius 3 is 2.12 bits per heavy atom. The van der Waals surface area contributed by atoms with E-state index in [1.807, 2.05) is 27.7 Å². The number of hydrogen-bond acceptors (Lipinski definition) is 4. The molecule has 0 saturated carbocycles. The van der Waals surface area contributed by atoms with Crippen molar-refractivity contribution in [3.63, 3.8) is 0 Å². The van der Waals surface area contributed by atoms with Gasteiger partial charge in [0.2, 0.25) is 10.0 Å². The zero-order chi connectivity index (χ0) is 18.4. The topological polar surface area (TPSA) is 101 Å². The predicted molar refractivity (Wildman–Crippen MR) is 96.3 cm³/mol. The van der Waals surface area contributed by atoms with Crippen LogP contribution in [0.1, 0.15) is 50.9 Å². The Labute approximate surface area is 145 Å². The van der Waals surface area contributed by atoms with Crippen LogP contribution in [0, 0.1) is 5.92 Å². The summed E-state index contributed by atoms with van der Waals surface area (Å²) in [6, 6.07) is 5.93. The number of sulfonamides is 1. The minimum Gasteiger partial charge on any atom is -0.345 e. The molecule has 0 saturated heterocycles. The van der Waals surface area contributed by atoms with Gasteiger partial charge in [-0.1, -0.05) is 27.7 Å². The first-order valence-corrected chi connectivity index (χ1v) is 9.80. The zero-order valence-electron chi connectivity index (χ0n) is 14.9. The van der Waals surface area contributed by atoms with Gasteiger partial charge in [0.1, 0.15) is 0 Å². The molecular formula is C17H29N3O3S. The average molecular weight is 356 g/mol. The summed E-state index contributed by atoms with van der Waals surface area (Å²) in [5.74, 6) is -0.0273. The molecule has 0 fully saturated rings. The highest BCUT2D eigenvalue weighted by Crippen LogP contribution is 2.16. The van der Waals surface area contributed by atoms with Crippen LogP contribution in [0.25, 0.3) is 0 Å². The summed E-state index contributed by atoms with van der Waals surface area (Å²) in [7, 11) is -3.55. The molecule has 0 atom stereocenters. The van der Waals surface area contributed by atoms with Gasteiger partial charge in [-0.25, -0.2) is 13.1 Å². The number of nitrogens with one attached hydrogen (secondary N) is 2. The van der Waals surface area contributed by atoms with E-state index in [0.717, 1.165) is 12.8 Å². The molecule has 0 aliphatic heterocycles. The summed E-state index contributed by atoms with van der Waals surface area (Å²) < 4.78 is 26.9. The number of nitrogens with two attached hydrogens (primary N) is 1. The van der Waals surface area contributed by atoms with Crippen molar-refractivity contribution in [1.82, 2.24) is 10.0 Å². The molecule has 4 N–H and O–H groups in total. The lowest BCUT2D eigenvalue weighted by molar-refractivity contribution is 0.0895. The lowest BCUT2D eigenvalue weighted by Crippen LogP contribution is -2.52. The van der Waals surface area contributed by atoms with Gasteiger partial charge >= 0.3 is 0 Å². The maximum absolute atomic E-state index is 12.4. The van der Waals surface area contributed by atoms with E-state index in [9.17, 15) is 13.2 Å². The third-order valence-corrected chi connectivity index (χ3v) is 5.67. The van der Waals surface area contributed by atoms with E-state index in [2.05, 4.69) is 10.0 Å². The molecule has 0 unspecified atom stereocenters. The molecule has 6 nitrogen and oxygen atoms in total. The minimum absolute atomic E-state index is 0.149. The van der Waals surface area contributed by atoms with Gasteiger partial charge in [0, 0.05) is 18.7 Å². The van der Waals surface area contributed by atoms with Crippen molar-refractivity contribution in [2.24, 2.45) is 11.7 Å². The largest absolute Gasteiger partial charge is 0.345 e. The Morgan fingerprint density at radius 2 is 1.71 bits per heavy atom. The maximum Gasteiger partial charge on any atom is 0.251 e. The fraction of sp³-hybridized carbons (Fsp3) is 0.588. The van der Waals surface area contributed by atoms with Gasteiger partial charge in [-0.2, -0.15) is 0 Å². The van der Waals surface area contributed by atoms with E-state index in [0.29, 0.717) is 18.7 Å². The van der Waals surface area contributed by atoms with E-state index in [4.69, 9.17) is 5.73 Å². The Hall–Kier alpha value is -1.44. The Kier molecular flexibility index (Phi) is 7.38. The van der Waals surface area contributed by atoms with Crippen molar-refractivity contribution in [2.75, 3.05) is 13.1 Å². The number of hydrogen-bond donors (Lipinski definition) is 3. The summed E-state index contributed by atoms with van der Waals surface area (Å²) in [5, 5.41) is 2.97. The predicted octanol–water partition coefficient (Wildman–Crippen LogP) is 1.87. The monoisotopic (exact) mass is 355 g/mol. The highest BCUT2D eigenvalue weighted by atomic mass is 32.2. The van der Waals surface area contributed by atoms with Crippen LogP contribution in [0.4, 0.5) is 0 Å². The van der Waals surface area contributed by atoms with Crippen LogP contribution in [0.5, 0.6) is 0 Å². The molecule has 1 amide bonds. The summed E-state index contributed by atoms with van der Waals surface area (Å²) in [6.07, 6.45) is 1.47. The van der Waals surface area contributed by atoms with Crippen LogP contribution in [0.3, 0.4) is 0 Å². The SMILES string of the molecule is CCC(CC)(CN)NC(=O)c1ccc(S(=O)(=O)NCC(C)C)cc1. The highest BCUT2D eigenvalue weighted by Gasteiger charge is 2.27. The normalized spacial score (nSPS) is 12.4. The number of benzene rings is 1. The van der Waals surface area contributed by atoms with Gasteiger partial charge in [-0.3, -0.25) is 4.79 Å². The van der Waals surface area contributed by atoms with Crippen molar-refractivity contribution in [3.8, 4) is 0 Å². The van der Waals surface area contributed by atoms with Gasteiger partial charge in [0.15, 0.2) is 0 Å². The lowest BCUT2D eigenvalue weighted by atomic mass is 9.92. The third kappa shape index (κ3) is 5.29. The quantitative estimate of drug-likeness (QED) is 0.629. The maximum atomic E-state index is 12.4. The lowest BCUT2D eigenvalue weighted by Gasteiger charge is -2.31. The molecule has 136 valence electrons. The Bertz CT molecular complexity index is 627. The molecule has 0 bridgehead atoms. The molecule has 0 aliphatic carbocycles. The van der Waals surface area contributed by atoms with Gasteiger partial charge < -0.3 is 11.1 Å². The van der Waals surface area contributed by atoms with Gasteiger partial charge in [0.25, 0.3) is 5.91 Å². The molecule has 1 rings (SSSR count). The smallest absolute Gasteiger partial charge is 0.251 e. The van der Waals surface area contributed by atoms with Crippen LogP contribution >= 0.6 is 0 Å². The molecule has 0 heterocycles. The van der Waals surface area contributed by atoms with E-state index < -0.39 is 15.6 Å². The second-order valence-corrected chi connectivity index (χ2v) is 8.18. The van der Waals surface area contributed by atoms with Gasteiger partial charge in [-0.05, 0) is 43.0 Å². The summed E-state index contributed by atoms with van der Waals surface area (Å²) in [5.41, 5.74) is 5.78. The second-order valence-electron chi connectivity index (χ2n) is 6.42. The van der Waals surface area contributed by atoms with Crippen LogP contribution in [0.15, 0.2) is 29.2 Å². The fourth-order valence-corrected chi connectivity index (χ4v) is 3.44. The average Bonchev–Trinajstić information content (AvgIpc) is 2.58. The van der Waals surface area contributed by atoms with Crippen molar-refractivity contribution in [2.45, 2.75) is 51.0 Å². The van der Waals surface area contributed by atoms with Crippen molar-refractivity contribution in [1.29, 1.82) is 0 Å². The van der Waals surface area contributed by atoms with Crippen LogP contribution in [-0.4, -0.2) is 33.0 Å². The molecule has 0 aliphatic rings. The van der Waals surface area contributed by atoms with Crippen LogP contribution < -0.4 is 15.8 Å². The highest BCUT2D eigenvalue weighted by molar-refractivity contribution is 7.89. The van der Waals surface area contributed by atoms with Crippen LogP contribution in [0.2, 0.25) is 0 Å². The van der Waals surface area contributed by atoms with Crippen molar-refractivity contribution < 1.29 is 13.2 Å². The summed E-state index contributed by atoms with van der Waals surface area (Å²) in [6.45, 7) is 8.55. The minimum atomic E-state index is -3.55. The van der Waals surface area contributed by atoms with E-state index in [1.165, 1.54) is 24.3 Å². The van der Waals surface area contributed by atoms with Gasteiger partial charge in [-0.15, -0.1) is 0 Å². The summed E-state index contributed by atoms with van der Waals surface area (Å²) >= 11 is 0. The molecule has 1 aromatic rings. The van der Waals surface area contributed by atoms with E-state index >= 15 is 0 Å². The van der Waals surface area contributed by atoms with Gasteiger partial charge in [0.05, 0.1) is 10.4 Å². The third-order valence-electron chi connectivity index (χ3n) is 4.23. The molecule has 0 radical (unpaired) electrons. The number of carbonyl (C=O) groups excluding carboxylic acids is 1. The first-order chi connectivity index (χ1) is 11.2. The first-order valence-electron chi connectivity index (χ1n) is 8.32. The fourth-order valence-electron chi connectivity index (χ4n) is 2.22. The first kappa shape index (κ1) is 20.6. The molecular weight excluding hydrogens is 326 g/mol. The van der Waals surface area contributed by atoms with Crippen LogP contribution in [-0.2, 0) is 10.0 Å². The number of carbonyl (C=O) groups is 1. The Morgan fingerprint density at radius 1 is 1.17 bits per heavy atom. The van der Waals surface area contributed by atoms with E-state index in [1.54, 1.807) is 0 Å². The standard InChI is InChI=1S/C17H29N3O3S/c1-5-17(6-2,12-18)20-16(21)14-7-9-15(10-8-14)24(22,23)19-11-13(3)4/h7-10,13,19H,5-6,11-12,18H2,1-4H3,(H,20,21). The molecule has 0 aromatic heterocycles. The molecule has 24 heavy (non-hydrogen) atoms. The zero-order valence-corrected chi connectivity index (χ0v) is 15.7. The number of amides is 1. The Balaban J connectivity index is 2.89. The molecule has 1 aromatic carbocycles. The van der Waals surface area contributed by atoms with Crippen molar-refractivity contribution in [3.05, 3.63) is 29.8 Å².